The van der Waals surface area contributed by atoms with Gasteiger partial charge in [0.2, 0.25) is 5.88 Å². The van der Waals surface area contributed by atoms with E-state index in [1.165, 1.54) is 0 Å². The summed E-state index contributed by atoms with van der Waals surface area (Å²) < 4.78 is 6.94. The number of urea groups is 1. The fourth-order valence-corrected chi connectivity index (χ4v) is 3.20. The van der Waals surface area contributed by atoms with Crippen molar-refractivity contribution in [2.75, 3.05) is 10.6 Å². The van der Waals surface area contributed by atoms with E-state index in [0.29, 0.717) is 23.0 Å². The lowest BCUT2D eigenvalue weighted by molar-refractivity contribution is 0.262. The average molecular weight is 490 g/mol. The largest absolute Gasteiger partial charge is 0.438 e. The molecule has 0 aliphatic rings. The van der Waals surface area contributed by atoms with Crippen LogP contribution in [0.25, 0.3) is 11.3 Å². The first-order chi connectivity index (χ1) is 15.6. The highest BCUT2D eigenvalue weighted by Crippen LogP contribution is 2.30. The molecule has 2 aromatic heterocycles. The topological polar surface area (TPSA) is 89.0 Å². The number of ether oxygens (including phenoxy) is 1. The second kappa shape index (κ2) is 10.0. The number of halogens is 1. The van der Waals surface area contributed by atoms with Gasteiger partial charge in [-0.2, -0.15) is 0 Å². The maximum absolute atomic E-state index is 12.2. The van der Waals surface area contributed by atoms with E-state index >= 15 is 0 Å². The Labute approximate surface area is 194 Å². The molecule has 0 saturated heterocycles. The first kappa shape index (κ1) is 21.5. The molecule has 2 N–H and O–H groups in total. The van der Waals surface area contributed by atoms with E-state index in [-0.39, 0.29) is 6.03 Å². The van der Waals surface area contributed by atoms with Crippen molar-refractivity contribution in [3.05, 3.63) is 89.4 Å². The van der Waals surface area contributed by atoms with Crippen molar-refractivity contribution in [3.8, 4) is 22.9 Å². The molecule has 0 spiro atoms. The Balaban J connectivity index is 1.44. The summed E-state index contributed by atoms with van der Waals surface area (Å²) in [5, 5.41) is 5.58. The third kappa shape index (κ3) is 5.47. The third-order valence-electron chi connectivity index (χ3n) is 4.50. The van der Waals surface area contributed by atoms with Crippen LogP contribution in [0.5, 0.6) is 11.6 Å². The molecule has 0 atom stereocenters. The van der Waals surface area contributed by atoms with Gasteiger partial charge in [-0.25, -0.2) is 19.7 Å². The molecular weight excluding hydrogens is 470 g/mol. The van der Waals surface area contributed by atoms with Crippen LogP contribution in [0.3, 0.4) is 0 Å². The molecule has 4 rings (SSSR count). The SMILES string of the molecule is CCc1nccc(-c2cccnc2Oc2ccc(NC(=O)Nc3ccc(Br)cc3)cc2)n1. The molecular formula is C24H20BrN5O2. The lowest BCUT2D eigenvalue weighted by Gasteiger charge is -2.11. The average Bonchev–Trinajstić information content (AvgIpc) is 2.82. The van der Waals surface area contributed by atoms with E-state index in [1.54, 1.807) is 36.7 Å². The quantitative estimate of drug-likeness (QED) is 0.331. The summed E-state index contributed by atoms with van der Waals surface area (Å²) in [6, 6.07) is 19.7. The van der Waals surface area contributed by atoms with Gasteiger partial charge in [0.05, 0.1) is 11.3 Å². The number of aryl methyl sites for hydroxylation is 1. The molecule has 0 saturated carbocycles. The van der Waals surface area contributed by atoms with E-state index in [4.69, 9.17) is 4.74 Å². The maximum Gasteiger partial charge on any atom is 0.323 e. The summed E-state index contributed by atoms with van der Waals surface area (Å²) in [6.07, 6.45) is 4.15. The van der Waals surface area contributed by atoms with Crippen LogP contribution in [0, 0.1) is 0 Å². The van der Waals surface area contributed by atoms with Gasteiger partial charge in [0.1, 0.15) is 11.6 Å². The summed E-state index contributed by atoms with van der Waals surface area (Å²) in [4.78, 5) is 25.4. The number of benzene rings is 2. The molecule has 2 aromatic carbocycles. The van der Waals surface area contributed by atoms with Crippen molar-refractivity contribution in [1.29, 1.82) is 0 Å². The van der Waals surface area contributed by atoms with Gasteiger partial charge in [-0.15, -0.1) is 0 Å². The minimum Gasteiger partial charge on any atom is -0.438 e. The number of nitrogens with one attached hydrogen (secondary N) is 2. The van der Waals surface area contributed by atoms with Crippen LogP contribution in [-0.2, 0) is 6.42 Å². The van der Waals surface area contributed by atoms with Crippen molar-refractivity contribution in [2.45, 2.75) is 13.3 Å². The Morgan fingerprint density at radius 3 is 2.28 bits per heavy atom. The number of hydrogen-bond donors (Lipinski definition) is 2. The van der Waals surface area contributed by atoms with Gasteiger partial charge >= 0.3 is 6.03 Å². The van der Waals surface area contributed by atoms with Gasteiger partial charge in [-0.1, -0.05) is 22.9 Å². The second-order valence-electron chi connectivity index (χ2n) is 6.78. The Bertz CT molecular complexity index is 1210. The fourth-order valence-electron chi connectivity index (χ4n) is 2.93. The maximum atomic E-state index is 12.2. The van der Waals surface area contributed by atoms with Crippen LogP contribution in [0.1, 0.15) is 12.7 Å². The highest BCUT2D eigenvalue weighted by Gasteiger charge is 2.11. The molecule has 0 unspecified atom stereocenters. The standard InChI is InChI=1S/C24H20BrN5O2/c1-2-22-26-15-13-21(30-22)20-4-3-14-27-23(20)32-19-11-9-18(10-12-19)29-24(31)28-17-7-5-16(25)6-8-17/h3-15H,2H2,1H3,(H2,28,29,31). The summed E-state index contributed by atoms with van der Waals surface area (Å²) in [7, 11) is 0. The number of carbonyl (C=O) groups is 1. The number of anilines is 2. The number of rotatable bonds is 6. The van der Waals surface area contributed by atoms with Crippen molar-refractivity contribution in [3.63, 3.8) is 0 Å². The molecule has 0 aliphatic carbocycles. The number of hydrogen-bond acceptors (Lipinski definition) is 5. The molecule has 0 fully saturated rings. The molecule has 4 aromatic rings. The number of aromatic nitrogens is 3. The van der Waals surface area contributed by atoms with Crippen LogP contribution in [0.2, 0.25) is 0 Å². The van der Waals surface area contributed by atoms with E-state index in [1.807, 2.05) is 49.4 Å². The van der Waals surface area contributed by atoms with Crippen LogP contribution in [0.4, 0.5) is 16.2 Å². The first-order valence-electron chi connectivity index (χ1n) is 9.99. The van der Waals surface area contributed by atoms with Crippen molar-refractivity contribution < 1.29 is 9.53 Å². The van der Waals surface area contributed by atoms with Crippen LogP contribution >= 0.6 is 15.9 Å². The molecule has 2 amide bonds. The van der Waals surface area contributed by atoms with Crippen molar-refractivity contribution >= 4 is 33.3 Å². The summed E-state index contributed by atoms with van der Waals surface area (Å²) in [6.45, 7) is 2.01. The van der Waals surface area contributed by atoms with E-state index in [2.05, 4.69) is 41.5 Å². The van der Waals surface area contributed by atoms with Crippen LogP contribution in [-0.4, -0.2) is 21.0 Å². The van der Waals surface area contributed by atoms with Crippen LogP contribution < -0.4 is 15.4 Å². The zero-order valence-electron chi connectivity index (χ0n) is 17.2. The Morgan fingerprint density at radius 1 is 0.906 bits per heavy atom. The normalized spacial score (nSPS) is 10.4. The molecule has 0 aliphatic heterocycles. The van der Waals surface area contributed by atoms with Crippen molar-refractivity contribution in [2.24, 2.45) is 0 Å². The highest BCUT2D eigenvalue weighted by atomic mass is 79.9. The first-order valence-corrected chi connectivity index (χ1v) is 10.8. The van der Waals surface area contributed by atoms with Gasteiger partial charge in [0, 0.05) is 34.7 Å². The molecule has 2 heterocycles. The highest BCUT2D eigenvalue weighted by molar-refractivity contribution is 9.10. The Morgan fingerprint density at radius 2 is 1.59 bits per heavy atom. The summed E-state index contributed by atoms with van der Waals surface area (Å²) >= 11 is 3.37. The molecule has 160 valence electrons. The predicted octanol–water partition coefficient (Wildman–Crippen LogP) is 6.30. The van der Waals surface area contributed by atoms with E-state index in [9.17, 15) is 4.79 Å². The number of carbonyl (C=O) groups excluding carboxylic acids is 1. The molecule has 7 nitrogen and oxygen atoms in total. The Hall–Kier alpha value is -3.78. The Kier molecular flexibility index (Phi) is 6.72. The fraction of sp³-hybridized carbons (Fsp3) is 0.0833. The monoisotopic (exact) mass is 489 g/mol. The smallest absolute Gasteiger partial charge is 0.323 e. The number of amides is 2. The second-order valence-corrected chi connectivity index (χ2v) is 7.70. The lowest BCUT2D eigenvalue weighted by Crippen LogP contribution is -2.19. The summed E-state index contributed by atoms with van der Waals surface area (Å²) in [5.41, 5.74) is 2.87. The van der Waals surface area contributed by atoms with E-state index in [0.717, 1.165) is 28.0 Å². The van der Waals surface area contributed by atoms with Crippen molar-refractivity contribution in [1.82, 2.24) is 15.0 Å². The van der Waals surface area contributed by atoms with E-state index < -0.39 is 0 Å². The number of nitrogens with zero attached hydrogens (tertiary/aromatic N) is 3. The molecule has 32 heavy (non-hydrogen) atoms. The third-order valence-corrected chi connectivity index (χ3v) is 5.03. The molecule has 8 heteroatoms. The zero-order valence-corrected chi connectivity index (χ0v) is 18.8. The van der Waals surface area contributed by atoms with Gasteiger partial charge in [0.25, 0.3) is 0 Å². The minimum atomic E-state index is -0.330. The van der Waals surface area contributed by atoms with Gasteiger partial charge in [0.15, 0.2) is 0 Å². The van der Waals surface area contributed by atoms with Crippen LogP contribution in [0.15, 0.2) is 83.6 Å². The summed E-state index contributed by atoms with van der Waals surface area (Å²) in [5.74, 6) is 1.80. The predicted molar refractivity (Wildman–Crippen MR) is 128 cm³/mol. The number of pyridine rings is 1. The van der Waals surface area contributed by atoms with Gasteiger partial charge < -0.3 is 15.4 Å². The lowest BCUT2D eigenvalue weighted by atomic mass is 10.2. The zero-order chi connectivity index (χ0) is 22.3. The molecule has 0 bridgehead atoms. The molecule has 0 radical (unpaired) electrons. The van der Waals surface area contributed by atoms with Gasteiger partial charge in [-0.05, 0) is 66.7 Å². The minimum absolute atomic E-state index is 0.330. The van der Waals surface area contributed by atoms with Gasteiger partial charge in [-0.3, -0.25) is 0 Å².